The molecule has 2 aromatic rings. The van der Waals surface area contributed by atoms with Gasteiger partial charge in [0, 0.05) is 37.9 Å². The summed E-state index contributed by atoms with van der Waals surface area (Å²) in [5.74, 6) is -2.34. The minimum Gasteiger partial charge on any atom is -0.430 e. The molecular formula is C24H28FNO4. The third-order valence-corrected chi connectivity index (χ3v) is 5.71. The number of likely N-dealkylation sites (tertiary alicyclic amines) is 1. The Morgan fingerprint density at radius 3 is 2.30 bits per heavy atom. The maximum absolute atomic E-state index is 12.9. The molecule has 6 heteroatoms. The number of carbonyl (C=O) groups excluding carboxylic acids is 2. The molecule has 0 spiro atoms. The van der Waals surface area contributed by atoms with E-state index in [0.717, 1.165) is 11.1 Å². The lowest BCUT2D eigenvalue weighted by molar-refractivity contribution is -0.191. The normalized spacial score (nSPS) is 16.3. The molecule has 30 heavy (non-hydrogen) atoms. The predicted octanol–water partition coefficient (Wildman–Crippen LogP) is 4.05. The standard InChI is InChI=1S/C24H28FNO4/c1-17-5-6-20(16-18(17)2)23(28)30-24(29)11-14-26(15-12-24)13-3-4-22(27)19-7-9-21(25)10-8-19/h5-10,16,29H,3-4,11-15H2,1-2H3. The maximum Gasteiger partial charge on any atom is 0.340 e. The van der Waals surface area contributed by atoms with Crippen LogP contribution in [0.3, 0.4) is 0 Å². The van der Waals surface area contributed by atoms with Crippen LogP contribution < -0.4 is 0 Å². The minimum absolute atomic E-state index is 0.00849. The molecule has 2 aromatic carbocycles. The number of benzene rings is 2. The van der Waals surface area contributed by atoms with E-state index in [0.29, 0.717) is 56.4 Å². The fourth-order valence-corrected chi connectivity index (χ4v) is 3.57. The van der Waals surface area contributed by atoms with E-state index in [-0.39, 0.29) is 11.6 Å². The van der Waals surface area contributed by atoms with Crippen LogP contribution in [-0.4, -0.2) is 47.2 Å². The lowest BCUT2D eigenvalue weighted by atomic mass is 10.0. The van der Waals surface area contributed by atoms with E-state index >= 15 is 0 Å². The van der Waals surface area contributed by atoms with Crippen LogP contribution in [0.2, 0.25) is 0 Å². The van der Waals surface area contributed by atoms with Gasteiger partial charge in [-0.3, -0.25) is 4.79 Å². The van der Waals surface area contributed by atoms with Crippen LogP contribution in [0.4, 0.5) is 4.39 Å². The number of piperidine rings is 1. The number of aliphatic hydroxyl groups is 1. The smallest absolute Gasteiger partial charge is 0.340 e. The van der Waals surface area contributed by atoms with E-state index in [9.17, 15) is 19.1 Å². The summed E-state index contributed by atoms with van der Waals surface area (Å²) in [4.78, 5) is 26.7. The van der Waals surface area contributed by atoms with Crippen molar-refractivity contribution in [3.63, 3.8) is 0 Å². The second-order valence-corrected chi connectivity index (χ2v) is 8.01. The Labute approximate surface area is 176 Å². The quantitative estimate of drug-likeness (QED) is 0.421. The van der Waals surface area contributed by atoms with Crippen molar-refractivity contribution in [2.75, 3.05) is 19.6 Å². The third-order valence-electron chi connectivity index (χ3n) is 5.71. The number of ketones is 1. The molecule has 5 nitrogen and oxygen atoms in total. The van der Waals surface area contributed by atoms with Gasteiger partial charge in [-0.05, 0) is 74.3 Å². The zero-order valence-corrected chi connectivity index (χ0v) is 17.5. The number of rotatable bonds is 7. The summed E-state index contributed by atoms with van der Waals surface area (Å²) >= 11 is 0. The number of Topliss-reactive ketones (excluding diaryl/α,β-unsaturated/α-hetero) is 1. The molecule has 0 radical (unpaired) electrons. The molecule has 160 valence electrons. The molecule has 0 saturated carbocycles. The molecule has 1 aliphatic heterocycles. The number of hydrogen-bond acceptors (Lipinski definition) is 5. The number of esters is 1. The number of halogens is 1. The molecule has 0 aliphatic carbocycles. The first-order valence-electron chi connectivity index (χ1n) is 10.3. The van der Waals surface area contributed by atoms with E-state index in [2.05, 4.69) is 4.90 Å². The molecule has 1 fully saturated rings. The predicted molar refractivity (Wildman–Crippen MR) is 112 cm³/mol. The molecule has 1 heterocycles. The molecule has 1 N–H and O–H groups in total. The number of carbonyl (C=O) groups is 2. The zero-order chi connectivity index (χ0) is 21.7. The SMILES string of the molecule is Cc1ccc(C(=O)OC2(O)CCN(CCCC(=O)c3ccc(F)cc3)CC2)cc1C. The molecule has 1 aliphatic rings. The van der Waals surface area contributed by atoms with Crippen molar-refractivity contribution in [2.24, 2.45) is 0 Å². The van der Waals surface area contributed by atoms with Gasteiger partial charge in [-0.1, -0.05) is 6.07 Å². The highest BCUT2D eigenvalue weighted by Gasteiger charge is 2.36. The van der Waals surface area contributed by atoms with Crippen molar-refractivity contribution in [2.45, 2.75) is 45.3 Å². The third kappa shape index (κ3) is 5.74. The number of ether oxygens (including phenoxy) is 1. The van der Waals surface area contributed by atoms with Gasteiger partial charge in [0.15, 0.2) is 5.78 Å². The molecule has 0 atom stereocenters. The first-order chi connectivity index (χ1) is 14.3. The van der Waals surface area contributed by atoms with Gasteiger partial charge < -0.3 is 14.7 Å². The van der Waals surface area contributed by atoms with Crippen molar-refractivity contribution < 1.29 is 23.8 Å². The topological polar surface area (TPSA) is 66.8 Å². The van der Waals surface area contributed by atoms with Gasteiger partial charge in [0.1, 0.15) is 5.82 Å². The van der Waals surface area contributed by atoms with Crippen LogP contribution in [0.15, 0.2) is 42.5 Å². The summed E-state index contributed by atoms with van der Waals surface area (Å²) in [5.41, 5.74) is 3.05. The number of aryl methyl sites for hydroxylation is 2. The number of nitrogens with zero attached hydrogens (tertiary/aromatic N) is 1. The van der Waals surface area contributed by atoms with Crippen LogP contribution in [0.1, 0.15) is 57.5 Å². The van der Waals surface area contributed by atoms with Gasteiger partial charge in [-0.2, -0.15) is 0 Å². The molecule has 3 rings (SSSR count). The summed E-state index contributed by atoms with van der Waals surface area (Å²) < 4.78 is 18.4. The summed E-state index contributed by atoms with van der Waals surface area (Å²) in [5, 5.41) is 10.7. The summed E-state index contributed by atoms with van der Waals surface area (Å²) in [6.45, 7) is 5.79. The second-order valence-electron chi connectivity index (χ2n) is 8.01. The molecule has 0 unspecified atom stereocenters. The Hall–Kier alpha value is -2.57. The van der Waals surface area contributed by atoms with Crippen LogP contribution in [0.25, 0.3) is 0 Å². The molecular weight excluding hydrogens is 385 g/mol. The van der Waals surface area contributed by atoms with Crippen LogP contribution in [0, 0.1) is 19.7 Å². The largest absolute Gasteiger partial charge is 0.430 e. The minimum atomic E-state index is -1.46. The molecule has 1 saturated heterocycles. The van der Waals surface area contributed by atoms with Crippen LogP contribution in [0.5, 0.6) is 0 Å². The highest BCUT2D eigenvalue weighted by molar-refractivity contribution is 5.96. The van der Waals surface area contributed by atoms with Gasteiger partial charge in [0.25, 0.3) is 0 Å². The fourth-order valence-electron chi connectivity index (χ4n) is 3.57. The lowest BCUT2D eigenvalue weighted by Gasteiger charge is -2.37. The molecule has 0 aromatic heterocycles. The zero-order valence-electron chi connectivity index (χ0n) is 17.5. The summed E-state index contributed by atoms with van der Waals surface area (Å²) in [7, 11) is 0. The van der Waals surface area contributed by atoms with E-state index in [1.807, 2.05) is 19.9 Å². The van der Waals surface area contributed by atoms with Gasteiger partial charge in [-0.25, -0.2) is 9.18 Å². The summed E-state index contributed by atoms with van der Waals surface area (Å²) in [6, 6.07) is 10.9. The number of hydrogen-bond donors (Lipinski definition) is 1. The monoisotopic (exact) mass is 413 g/mol. The fraction of sp³-hybridized carbons (Fsp3) is 0.417. The van der Waals surface area contributed by atoms with Gasteiger partial charge >= 0.3 is 5.97 Å². The van der Waals surface area contributed by atoms with Gasteiger partial charge in [-0.15, -0.1) is 0 Å². The van der Waals surface area contributed by atoms with Crippen LogP contribution in [-0.2, 0) is 4.74 Å². The van der Waals surface area contributed by atoms with Gasteiger partial charge in [0.05, 0.1) is 5.56 Å². The average molecular weight is 413 g/mol. The van der Waals surface area contributed by atoms with E-state index in [1.54, 1.807) is 12.1 Å². The average Bonchev–Trinajstić information content (AvgIpc) is 2.72. The molecule has 0 bridgehead atoms. The van der Waals surface area contributed by atoms with Crippen LogP contribution >= 0.6 is 0 Å². The Morgan fingerprint density at radius 1 is 1.03 bits per heavy atom. The Morgan fingerprint density at radius 2 is 1.67 bits per heavy atom. The van der Waals surface area contributed by atoms with Crippen molar-refractivity contribution in [3.8, 4) is 0 Å². The van der Waals surface area contributed by atoms with E-state index in [1.165, 1.54) is 24.3 Å². The summed E-state index contributed by atoms with van der Waals surface area (Å²) in [6.07, 6.45) is 1.72. The highest BCUT2D eigenvalue weighted by atomic mass is 19.1. The van der Waals surface area contributed by atoms with Gasteiger partial charge in [0.2, 0.25) is 5.79 Å². The maximum atomic E-state index is 12.9. The Bertz CT molecular complexity index is 902. The molecule has 0 amide bonds. The first-order valence-corrected chi connectivity index (χ1v) is 10.3. The first kappa shape index (κ1) is 22.1. The lowest BCUT2D eigenvalue weighted by Crippen LogP contribution is -2.47. The van der Waals surface area contributed by atoms with Crippen molar-refractivity contribution in [1.82, 2.24) is 4.90 Å². The van der Waals surface area contributed by atoms with E-state index in [4.69, 9.17) is 4.74 Å². The van der Waals surface area contributed by atoms with Crippen molar-refractivity contribution in [1.29, 1.82) is 0 Å². The van der Waals surface area contributed by atoms with Crippen molar-refractivity contribution >= 4 is 11.8 Å². The Balaban J connectivity index is 1.43. The second kappa shape index (κ2) is 9.49. The highest BCUT2D eigenvalue weighted by Crippen LogP contribution is 2.25. The van der Waals surface area contributed by atoms with E-state index < -0.39 is 11.8 Å². The van der Waals surface area contributed by atoms with Crippen molar-refractivity contribution in [3.05, 3.63) is 70.5 Å². The Kier molecular flexibility index (Phi) is 7.00.